The fourth-order valence-electron chi connectivity index (χ4n) is 4.66. The van der Waals surface area contributed by atoms with Gasteiger partial charge in [0.15, 0.2) is 0 Å². The van der Waals surface area contributed by atoms with E-state index in [4.69, 9.17) is 0 Å². The summed E-state index contributed by atoms with van der Waals surface area (Å²) in [5.74, 6) is 0.0617. The molecular weight excluding hydrogens is 343 g/mol. The zero-order chi connectivity index (χ0) is 18.5. The maximum absolute atomic E-state index is 13.4. The zero-order valence-corrected chi connectivity index (χ0v) is 14.4. The molecular formula is C22H17FN2O2. The number of rotatable bonds is 2. The summed E-state index contributed by atoms with van der Waals surface area (Å²) >= 11 is 0. The number of non-ortho nitro benzene ring substituents is 1. The van der Waals surface area contributed by atoms with Crippen LogP contribution in [0.1, 0.15) is 34.2 Å². The highest BCUT2D eigenvalue weighted by atomic mass is 19.1. The van der Waals surface area contributed by atoms with Gasteiger partial charge in [-0.25, -0.2) is 4.39 Å². The van der Waals surface area contributed by atoms with Crippen molar-refractivity contribution >= 4 is 11.4 Å². The second kappa shape index (κ2) is 5.91. The zero-order valence-electron chi connectivity index (χ0n) is 14.4. The Morgan fingerprint density at radius 2 is 1.78 bits per heavy atom. The van der Waals surface area contributed by atoms with Gasteiger partial charge >= 0.3 is 0 Å². The van der Waals surface area contributed by atoms with Crippen LogP contribution in [0.4, 0.5) is 15.8 Å². The summed E-state index contributed by atoms with van der Waals surface area (Å²) in [6, 6.07) is 20.0. The van der Waals surface area contributed by atoms with E-state index in [1.807, 2.05) is 24.3 Å². The average molecular weight is 360 g/mol. The van der Waals surface area contributed by atoms with Crippen molar-refractivity contribution in [2.24, 2.45) is 5.92 Å². The van der Waals surface area contributed by atoms with Crippen LogP contribution in [0.25, 0.3) is 0 Å². The molecule has 2 aliphatic rings. The van der Waals surface area contributed by atoms with Crippen LogP contribution in [0.2, 0.25) is 0 Å². The quantitative estimate of drug-likeness (QED) is 0.504. The Morgan fingerprint density at radius 3 is 2.56 bits per heavy atom. The van der Waals surface area contributed by atoms with Crippen LogP contribution < -0.4 is 5.32 Å². The molecule has 0 saturated carbocycles. The molecule has 1 aliphatic carbocycles. The first kappa shape index (κ1) is 16.0. The number of nitrogens with zero attached hydrogens (tertiary/aromatic N) is 1. The number of nitro benzene ring substituents is 1. The Bertz CT molecular complexity index is 1050. The van der Waals surface area contributed by atoms with Gasteiger partial charge in [-0.3, -0.25) is 10.1 Å². The van der Waals surface area contributed by atoms with Crippen molar-refractivity contribution in [1.82, 2.24) is 0 Å². The fraction of sp³-hybridized carbons (Fsp3) is 0.182. The normalized spacial score (nSPS) is 22.3. The predicted molar refractivity (Wildman–Crippen MR) is 101 cm³/mol. The number of halogens is 1. The molecule has 0 unspecified atom stereocenters. The minimum Gasteiger partial charge on any atom is -0.378 e. The van der Waals surface area contributed by atoms with E-state index < -0.39 is 0 Å². The average Bonchev–Trinajstić information content (AvgIpc) is 3.07. The number of benzene rings is 3. The summed E-state index contributed by atoms with van der Waals surface area (Å²) in [6.45, 7) is 0. The standard InChI is InChI=1S/C22H17FN2O2/c23-15-7-5-13(6-8-15)22-19-11-14-3-1-2-4-17(14)21(19)18-12-16(25(26)27)9-10-20(18)24-22/h1-10,12,19,21-22,24H,11H2/t19-,21-,22+/m0/s1. The van der Waals surface area contributed by atoms with E-state index in [2.05, 4.69) is 17.4 Å². The molecule has 1 aliphatic heterocycles. The molecule has 5 rings (SSSR count). The fourth-order valence-corrected chi connectivity index (χ4v) is 4.66. The first-order chi connectivity index (χ1) is 13.1. The lowest BCUT2D eigenvalue weighted by atomic mass is 9.75. The molecule has 5 heteroatoms. The number of fused-ring (bicyclic) bond motifs is 5. The monoisotopic (exact) mass is 360 g/mol. The molecule has 0 spiro atoms. The van der Waals surface area contributed by atoms with Gasteiger partial charge in [0.1, 0.15) is 5.82 Å². The van der Waals surface area contributed by atoms with E-state index >= 15 is 0 Å². The van der Waals surface area contributed by atoms with Gasteiger partial charge in [-0.15, -0.1) is 0 Å². The van der Waals surface area contributed by atoms with E-state index in [1.165, 1.54) is 29.3 Å². The molecule has 3 aromatic carbocycles. The maximum atomic E-state index is 13.4. The van der Waals surface area contributed by atoms with Crippen LogP contribution in [0.5, 0.6) is 0 Å². The van der Waals surface area contributed by atoms with Crippen molar-refractivity contribution < 1.29 is 9.31 Å². The van der Waals surface area contributed by atoms with Crippen LogP contribution >= 0.6 is 0 Å². The van der Waals surface area contributed by atoms with Crippen molar-refractivity contribution in [3.8, 4) is 0 Å². The van der Waals surface area contributed by atoms with Gasteiger partial charge in [-0.05, 0) is 52.8 Å². The molecule has 0 bridgehead atoms. The van der Waals surface area contributed by atoms with Crippen molar-refractivity contribution in [3.05, 3.63) is 105 Å². The van der Waals surface area contributed by atoms with Crippen LogP contribution in [-0.4, -0.2) is 4.92 Å². The Morgan fingerprint density at radius 1 is 1.00 bits per heavy atom. The third kappa shape index (κ3) is 2.50. The van der Waals surface area contributed by atoms with E-state index in [1.54, 1.807) is 12.1 Å². The van der Waals surface area contributed by atoms with E-state index in [9.17, 15) is 14.5 Å². The van der Waals surface area contributed by atoms with Gasteiger partial charge in [0.05, 0.1) is 11.0 Å². The highest BCUT2D eigenvalue weighted by molar-refractivity contribution is 5.65. The summed E-state index contributed by atoms with van der Waals surface area (Å²) in [7, 11) is 0. The smallest absolute Gasteiger partial charge is 0.269 e. The van der Waals surface area contributed by atoms with Gasteiger partial charge < -0.3 is 5.32 Å². The minimum atomic E-state index is -0.345. The lowest BCUT2D eigenvalue weighted by molar-refractivity contribution is -0.384. The SMILES string of the molecule is O=[N+]([O-])c1ccc2c(c1)[C@@H]1c3ccccc3C[C@@H]1[C@@H](c1ccc(F)cc1)N2. The molecule has 4 nitrogen and oxygen atoms in total. The van der Waals surface area contributed by atoms with E-state index in [0.717, 1.165) is 23.2 Å². The van der Waals surface area contributed by atoms with Crippen molar-refractivity contribution in [2.45, 2.75) is 18.4 Å². The molecule has 0 fully saturated rings. The molecule has 0 radical (unpaired) electrons. The molecule has 3 atom stereocenters. The van der Waals surface area contributed by atoms with Crippen LogP contribution in [0.3, 0.4) is 0 Å². The van der Waals surface area contributed by atoms with Gasteiger partial charge in [0.25, 0.3) is 5.69 Å². The number of hydrogen-bond donors (Lipinski definition) is 1. The lowest BCUT2D eigenvalue weighted by Crippen LogP contribution is -2.30. The van der Waals surface area contributed by atoms with Gasteiger partial charge in [-0.2, -0.15) is 0 Å². The van der Waals surface area contributed by atoms with Gasteiger partial charge in [-0.1, -0.05) is 36.4 Å². The third-order valence-corrected chi connectivity index (χ3v) is 5.82. The molecule has 134 valence electrons. The molecule has 0 saturated heterocycles. The number of nitrogens with one attached hydrogen (secondary N) is 1. The largest absolute Gasteiger partial charge is 0.378 e. The van der Waals surface area contributed by atoms with E-state index in [-0.39, 0.29) is 34.3 Å². The topological polar surface area (TPSA) is 55.2 Å². The Kier molecular flexibility index (Phi) is 3.50. The Labute approximate surface area is 155 Å². The molecule has 3 aromatic rings. The molecule has 1 heterocycles. The Hall–Kier alpha value is -3.21. The first-order valence-electron chi connectivity index (χ1n) is 9.00. The number of nitro groups is 1. The molecule has 27 heavy (non-hydrogen) atoms. The van der Waals surface area contributed by atoms with E-state index in [0.29, 0.717) is 0 Å². The third-order valence-electron chi connectivity index (χ3n) is 5.82. The van der Waals surface area contributed by atoms with Gasteiger partial charge in [0.2, 0.25) is 0 Å². The maximum Gasteiger partial charge on any atom is 0.269 e. The van der Waals surface area contributed by atoms with Crippen LogP contribution in [0.15, 0.2) is 66.7 Å². The predicted octanol–water partition coefficient (Wildman–Crippen LogP) is 5.20. The van der Waals surface area contributed by atoms with Gasteiger partial charge in [0, 0.05) is 23.7 Å². The Balaban J connectivity index is 1.68. The summed E-state index contributed by atoms with van der Waals surface area (Å²) in [5, 5.41) is 14.9. The van der Waals surface area contributed by atoms with Crippen LogP contribution in [-0.2, 0) is 6.42 Å². The summed E-state index contributed by atoms with van der Waals surface area (Å²) in [6.07, 6.45) is 0.887. The first-order valence-corrected chi connectivity index (χ1v) is 9.00. The van der Waals surface area contributed by atoms with Crippen molar-refractivity contribution in [2.75, 3.05) is 5.32 Å². The molecule has 0 amide bonds. The lowest BCUT2D eigenvalue weighted by Gasteiger charge is -2.37. The summed E-state index contributed by atoms with van der Waals surface area (Å²) < 4.78 is 13.4. The summed E-state index contributed by atoms with van der Waals surface area (Å²) in [4.78, 5) is 10.9. The van der Waals surface area contributed by atoms with Crippen molar-refractivity contribution in [3.63, 3.8) is 0 Å². The highest BCUT2D eigenvalue weighted by Gasteiger charge is 2.43. The minimum absolute atomic E-state index is 0.0250. The number of anilines is 1. The second-order valence-electron chi connectivity index (χ2n) is 7.25. The van der Waals surface area contributed by atoms with Crippen LogP contribution in [0, 0.1) is 21.8 Å². The second-order valence-corrected chi connectivity index (χ2v) is 7.25. The van der Waals surface area contributed by atoms with Crippen molar-refractivity contribution in [1.29, 1.82) is 0 Å². The molecule has 0 aromatic heterocycles. The summed E-state index contributed by atoms with van der Waals surface area (Å²) in [5.41, 5.74) is 5.53. The molecule has 1 N–H and O–H groups in total. The highest BCUT2D eigenvalue weighted by Crippen LogP contribution is 2.54. The number of hydrogen-bond acceptors (Lipinski definition) is 3.